The molecule has 0 saturated carbocycles. The Hall–Kier alpha value is -0.570. The Morgan fingerprint density at radius 2 is 1.67 bits per heavy atom. The van der Waals surface area contributed by atoms with Crippen molar-refractivity contribution >= 4 is 11.6 Å². The first-order valence-corrected chi connectivity index (χ1v) is 5.58. The molecule has 0 fully saturated rings. The third-order valence-corrected chi connectivity index (χ3v) is 2.86. The molecule has 0 saturated heterocycles. The van der Waals surface area contributed by atoms with E-state index < -0.39 is 0 Å². The van der Waals surface area contributed by atoms with Gasteiger partial charge in [-0.05, 0) is 38.5 Å². The number of halogens is 1. The van der Waals surface area contributed by atoms with E-state index in [0.717, 1.165) is 5.02 Å². The quantitative estimate of drug-likeness (QED) is 0.829. The van der Waals surface area contributed by atoms with Gasteiger partial charge in [-0.3, -0.25) is 0 Å². The maximum absolute atomic E-state index is 9.38. The van der Waals surface area contributed by atoms with Crippen LogP contribution in [0.2, 0.25) is 5.02 Å². The van der Waals surface area contributed by atoms with Crippen LogP contribution < -0.4 is 5.32 Å². The number of benzene rings is 1. The van der Waals surface area contributed by atoms with E-state index in [1.807, 2.05) is 31.2 Å². The maximum atomic E-state index is 9.38. The Bertz CT molecular complexity index is 297. The fourth-order valence-electron chi connectivity index (χ4n) is 1.38. The highest BCUT2D eigenvalue weighted by atomic mass is 35.5. The minimum atomic E-state index is -0.347. The lowest BCUT2D eigenvalue weighted by atomic mass is 10.1. The summed E-state index contributed by atoms with van der Waals surface area (Å²) in [5, 5.41) is 13.4. The number of hydrogen-bond acceptors (Lipinski definition) is 2. The van der Waals surface area contributed by atoms with Gasteiger partial charge in [-0.1, -0.05) is 23.7 Å². The summed E-state index contributed by atoms with van der Waals surface area (Å²) < 4.78 is 0. The minimum absolute atomic E-state index is 0.0793. The summed E-state index contributed by atoms with van der Waals surface area (Å²) in [6.07, 6.45) is -0.347. The molecule has 0 aromatic heterocycles. The van der Waals surface area contributed by atoms with Crippen molar-refractivity contribution in [3.8, 4) is 0 Å². The second kappa shape index (κ2) is 5.50. The average molecular weight is 228 g/mol. The molecule has 0 aliphatic carbocycles. The van der Waals surface area contributed by atoms with Gasteiger partial charge >= 0.3 is 0 Å². The summed E-state index contributed by atoms with van der Waals surface area (Å²) in [5.41, 5.74) is 1.17. The second-order valence-electron chi connectivity index (χ2n) is 3.97. The van der Waals surface area contributed by atoms with E-state index in [0.29, 0.717) is 0 Å². The fourth-order valence-corrected chi connectivity index (χ4v) is 1.51. The number of nitrogens with one attached hydrogen (secondary N) is 1. The van der Waals surface area contributed by atoms with Gasteiger partial charge in [0.05, 0.1) is 6.10 Å². The van der Waals surface area contributed by atoms with Crippen molar-refractivity contribution in [1.29, 1.82) is 0 Å². The van der Waals surface area contributed by atoms with Gasteiger partial charge in [0, 0.05) is 17.1 Å². The zero-order chi connectivity index (χ0) is 11.4. The molecule has 2 N–H and O–H groups in total. The Labute approximate surface area is 96.3 Å². The zero-order valence-corrected chi connectivity index (χ0v) is 10.1. The SMILES string of the molecule is CC(O)C(C)N[C@H](C)c1ccc(Cl)cc1. The molecule has 0 spiro atoms. The molecule has 2 unspecified atom stereocenters. The van der Waals surface area contributed by atoms with Crippen molar-refractivity contribution in [2.45, 2.75) is 39.0 Å². The van der Waals surface area contributed by atoms with Crippen molar-refractivity contribution in [2.24, 2.45) is 0 Å². The number of rotatable bonds is 4. The number of aliphatic hydroxyl groups excluding tert-OH is 1. The van der Waals surface area contributed by atoms with Gasteiger partial charge in [0.25, 0.3) is 0 Å². The van der Waals surface area contributed by atoms with E-state index in [-0.39, 0.29) is 18.2 Å². The normalized spacial score (nSPS) is 17.1. The van der Waals surface area contributed by atoms with Crippen molar-refractivity contribution in [3.05, 3.63) is 34.9 Å². The molecule has 1 aromatic rings. The largest absolute Gasteiger partial charge is 0.392 e. The monoisotopic (exact) mass is 227 g/mol. The van der Waals surface area contributed by atoms with Crippen LogP contribution in [-0.2, 0) is 0 Å². The summed E-state index contributed by atoms with van der Waals surface area (Å²) >= 11 is 5.81. The third-order valence-electron chi connectivity index (χ3n) is 2.61. The van der Waals surface area contributed by atoms with Crippen LogP contribution in [0.5, 0.6) is 0 Å². The smallest absolute Gasteiger partial charge is 0.0662 e. The maximum Gasteiger partial charge on any atom is 0.0662 e. The van der Waals surface area contributed by atoms with Crippen LogP contribution in [0, 0.1) is 0 Å². The molecule has 0 bridgehead atoms. The molecular formula is C12H18ClNO. The highest BCUT2D eigenvalue weighted by molar-refractivity contribution is 6.30. The summed E-state index contributed by atoms with van der Waals surface area (Å²) in [6, 6.07) is 8.04. The molecule has 3 heteroatoms. The van der Waals surface area contributed by atoms with Gasteiger partial charge in [0.15, 0.2) is 0 Å². The molecule has 0 amide bonds. The van der Waals surface area contributed by atoms with E-state index in [4.69, 9.17) is 11.6 Å². The molecule has 3 atom stereocenters. The highest BCUT2D eigenvalue weighted by Crippen LogP contribution is 2.16. The first-order chi connectivity index (χ1) is 7.00. The molecule has 0 heterocycles. The van der Waals surface area contributed by atoms with Crippen LogP contribution in [0.3, 0.4) is 0 Å². The first-order valence-electron chi connectivity index (χ1n) is 5.20. The van der Waals surface area contributed by atoms with Crippen LogP contribution in [0.25, 0.3) is 0 Å². The molecule has 0 aliphatic rings. The van der Waals surface area contributed by atoms with Crippen LogP contribution in [0.1, 0.15) is 32.4 Å². The van der Waals surface area contributed by atoms with Gasteiger partial charge in [-0.25, -0.2) is 0 Å². The molecule has 1 aromatic carbocycles. The van der Waals surface area contributed by atoms with Crippen molar-refractivity contribution in [3.63, 3.8) is 0 Å². The Kier molecular flexibility index (Phi) is 4.58. The number of aliphatic hydroxyl groups is 1. The van der Waals surface area contributed by atoms with Gasteiger partial charge in [0.1, 0.15) is 0 Å². The van der Waals surface area contributed by atoms with E-state index in [1.165, 1.54) is 5.56 Å². The summed E-state index contributed by atoms with van der Waals surface area (Å²) in [5.74, 6) is 0. The van der Waals surface area contributed by atoms with E-state index in [2.05, 4.69) is 12.2 Å². The molecule has 2 nitrogen and oxygen atoms in total. The van der Waals surface area contributed by atoms with Gasteiger partial charge < -0.3 is 10.4 Å². The summed E-state index contributed by atoms with van der Waals surface area (Å²) in [4.78, 5) is 0. The Morgan fingerprint density at radius 1 is 1.13 bits per heavy atom. The van der Waals surface area contributed by atoms with Crippen molar-refractivity contribution in [1.82, 2.24) is 5.32 Å². The Balaban J connectivity index is 2.61. The lowest BCUT2D eigenvalue weighted by Crippen LogP contribution is -2.37. The van der Waals surface area contributed by atoms with Gasteiger partial charge in [-0.15, -0.1) is 0 Å². The lowest BCUT2D eigenvalue weighted by molar-refractivity contribution is 0.147. The number of hydrogen-bond donors (Lipinski definition) is 2. The van der Waals surface area contributed by atoms with Crippen LogP contribution in [0.4, 0.5) is 0 Å². The zero-order valence-electron chi connectivity index (χ0n) is 9.37. The molecule has 1 rings (SSSR count). The van der Waals surface area contributed by atoms with Crippen molar-refractivity contribution < 1.29 is 5.11 Å². The molecule has 0 radical (unpaired) electrons. The molecule has 84 valence electrons. The fraction of sp³-hybridized carbons (Fsp3) is 0.500. The predicted molar refractivity (Wildman–Crippen MR) is 64.1 cm³/mol. The minimum Gasteiger partial charge on any atom is -0.392 e. The Morgan fingerprint density at radius 3 is 2.13 bits per heavy atom. The first kappa shape index (κ1) is 12.5. The second-order valence-corrected chi connectivity index (χ2v) is 4.41. The van der Waals surface area contributed by atoms with Crippen LogP contribution >= 0.6 is 11.6 Å². The molecule has 15 heavy (non-hydrogen) atoms. The van der Waals surface area contributed by atoms with Crippen LogP contribution in [0.15, 0.2) is 24.3 Å². The van der Waals surface area contributed by atoms with E-state index >= 15 is 0 Å². The summed E-state index contributed by atoms with van der Waals surface area (Å²) in [6.45, 7) is 5.82. The summed E-state index contributed by atoms with van der Waals surface area (Å²) in [7, 11) is 0. The van der Waals surface area contributed by atoms with E-state index in [9.17, 15) is 5.11 Å². The third kappa shape index (κ3) is 3.82. The molecule has 0 aliphatic heterocycles. The van der Waals surface area contributed by atoms with Gasteiger partial charge in [0.2, 0.25) is 0 Å². The van der Waals surface area contributed by atoms with Crippen molar-refractivity contribution in [2.75, 3.05) is 0 Å². The standard InChI is InChI=1S/C12H18ClNO/c1-8(10(3)15)14-9(2)11-4-6-12(13)7-5-11/h4-10,14-15H,1-3H3/t8?,9-,10?/m1/s1. The topological polar surface area (TPSA) is 32.3 Å². The van der Waals surface area contributed by atoms with Gasteiger partial charge in [-0.2, -0.15) is 0 Å². The average Bonchev–Trinajstić information content (AvgIpc) is 2.18. The lowest BCUT2D eigenvalue weighted by Gasteiger charge is -2.22. The predicted octanol–water partition coefficient (Wildman–Crippen LogP) is 2.76. The van der Waals surface area contributed by atoms with Crippen LogP contribution in [-0.4, -0.2) is 17.3 Å². The highest BCUT2D eigenvalue weighted by Gasteiger charge is 2.12. The molecular weight excluding hydrogens is 210 g/mol. The van der Waals surface area contributed by atoms with E-state index in [1.54, 1.807) is 6.92 Å².